The predicted molar refractivity (Wildman–Crippen MR) is 93.8 cm³/mol. The maximum atomic E-state index is 12.2. The van der Waals surface area contributed by atoms with E-state index in [0.717, 1.165) is 0 Å². The molecule has 0 aliphatic heterocycles. The Balaban J connectivity index is 1.87. The van der Waals surface area contributed by atoms with Crippen LogP contribution in [0, 0.1) is 6.92 Å². The van der Waals surface area contributed by atoms with Crippen LogP contribution in [0.2, 0.25) is 0 Å². The molecule has 0 unspecified atom stereocenters. The average molecular weight is 359 g/mol. The molecule has 2 aromatic rings. The summed E-state index contributed by atoms with van der Waals surface area (Å²) < 4.78 is 9.61. The van der Waals surface area contributed by atoms with Gasteiger partial charge in [0.25, 0.3) is 11.8 Å². The molecule has 1 aromatic heterocycles. The fraction of sp³-hybridized carbons (Fsp3) is 0.333. The molecule has 0 atom stereocenters. The zero-order valence-corrected chi connectivity index (χ0v) is 14.9. The highest BCUT2D eigenvalue weighted by molar-refractivity contribution is 5.96. The summed E-state index contributed by atoms with van der Waals surface area (Å²) in [5, 5.41) is 6.16. The second kappa shape index (κ2) is 8.80. The van der Waals surface area contributed by atoms with Crippen LogP contribution < -0.4 is 5.32 Å². The summed E-state index contributed by atoms with van der Waals surface area (Å²) in [6.45, 7) is 6.29. The quantitative estimate of drug-likeness (QED) is 0.761. The number of aryl methyl sites for hydroxylation is 1. The maximum Gasteiger partial charge on any atom is 0.377 e. The molecular weight excluding hydrogens is 338 g/mol. The molecule has 0 fully saturated rings. The van der Waals surface area contributed by atoms with E-state index >= 15 is 0 Å². The Hall–Kier alpha value is -3.16. The number of anilines is 1. The smallest absolute Gasteiger partial charge is 0.377 e. The highest BCUT2D eigenvalue weighted by Crippen LogP contribution is 2.12. The van der Waals surface area contributed by atoms with E-state index in [0.29, 0.717) is 30.0 Å². The minimum atomic E-state index is -0.763. The van der Waals surface area contributed by atoms with Crippen molar-refractivity contribution in [2.45, 2.75) is 20.8 Å². The van der Waals surface area contributed by atoms with Crippen molar-refractivity contribution in [2.24, 2.45) is 0 Å². The molecule has 0 saturated heterocycles. The zero-order chi connectivity index (χ0) is 19.1. The Morgan fingerprint density at radius 2 is 1.81 bits per heavy atom. The highest BCUT2D eigenvalue weighted by Gasteiger charge is 2.16. The molecule has 0 radical (unpaired) electrons. The lowest BCUT2D eigenvalue weighted by Gasteiger charge is -2.18. The van der Waals surface area contributed by atoms with Gasteiger partial charge >= 0.3 is 5.97 Å². The first kappa shape index (κ1) is 19.2. The number of carbonyl (C=O) groups is 3. The van der Waals surface area contributed by atoms with Crippen LogP contribution in [0.4, 0.5) is 5.69 Å². The van der Waals surface area contributed by atoms with Gasteiger partial charge in [0.05, 0.1) is 5.69 Å². The van der Waals surface area contributed by atoms with Gasteiger partial charge in [-0.05, 0) is 45.0 Å². The summed E-state index contributed by atoms with van der Waals surface area (Å²) in [4.78, 5) is 37.5. The van der Waals surface area contributed by atoms with E-state index in [1.807, 2.05) is 13.8 Å². The van der Waals surface area contributed by atoms with Gasteiger partial charge in [0.2, 0.25) is 5.76 Å². The molecular formula is C18H21N3O5. The number of hydrogen-bond donors (Lipinski definition) is 1. The number of aromatic nitrogens is 1. The van der Waals surface area contributed by atoms with Crippen LogP contribution >= 0.6 is 0 Å². The van der Waals surface area contributed by atoms with Gasteiger partial charge in [-0.3, -0.25) is 9.59 Å². The first-order valence-electron chi connectivity index (χ1n) is 8.24. The van der Waals surface area contributed by atoms with Gasteiger partial charge in [-0.15, -0.1) is 0 Å². The van der Waals surface area contributed by atoms with Crippen LogP contribution in [-0.4, -0.2) is 47.5 Å². The van der Waals surface area contributed by atoms with Crippen molar-refractivity contribution in [3.05, 3.63) is 47.3 Å². The van der Waals surface area contributed by atoms with E-state index in [9.17, 15) is 14.4 Å². The summed E-state index contributed by atoms with van der Waals surface area (Å²) in [6, 6.07) is 7.94. The van der Waals surface area contributed by atoms with E-state index in [1.165, 1.54) is 6.07 Å². The summed E-state index contributed by atoms with van der Waals surface area (Å²) in [5.41, 5.74) is 1.58. The fourth-order valence-electron chi connectivity index (χ4n) is 2.25. The van der Waals surface area contributed by atoms with E-state index < -0.39 is 18.5 Å². The van der Waals surface area contributed by atoms with E-state index in [2.05, 4.69) is 10.5 Å². The van der Waals surface area contributed by atoms with Crippen molar-refractivity contribution in [1.82, 2.24) is 10.1 Å². The van der Waals surface area contributed by atoms with Gasteiger partial charge in [-0.25, -0.2) is 4.79 Å². The number of carbonyl (C=O) groups excluding carboxylic acids is 3. The molecule has 1 heterocycles. The molecule has 138 valence electrons. The second-order valence-corrected chi connectivity index (χ2v) is 5.51. The first-order valence-corrected chi connectivity index (χ1v) is 8.24. The second-order valence-electron chi connectivity index (χ2n) is 5.51. The van der Waals surface area contributed by atoms with Crippen molar-refractivity contribution in [3.8, 4) is 0 Å². The maximum absolute atomic E-state index is 12.2. The van der Waals surface area contributed by atoms with Gasteiger partial charge in [0, 0.05) is 30.4 Å². The third kappa shape index (κ3) is 4.92. The van der Waals surface area contributed by atoms with E-state index in [4.69, 9.17) is 9.26 Å². The lowest BCUT2D eigenvalue weighted by molar-refractivity contribution is -0.119. The minimum absolute atomic E-state index is 0.0606. The van der Waals surface area contributed by atoms with Crippen molar-refractivity contribution in [1.29, 1.82) is 0 Å². The SMILES string of the molecule is CCN(CC)C(=O)c1ccc(NC(=O)COC(=O)c2cc(C)no2)cc1. The molecule has 0 aliphatic carbocycles. The number of nitrogens with zero attached hydrogens (tertiary/aromatic N) is 2. The van der Waals surface area contributed by atoms with Crippen LogP contribution in [0.15, 0.2) is 34.9 Å². The molecule has 8 nitrogen and oxygen atoms in total. The lowest BCUT2D eigenvalue weighted by atomic mass is 10.2. The number of benzene rings is 1. The average Bonchev–Trinajstić information content (AvgIpc) is 3.08. The fourth-order valence-corrected chi connectivity index (χ4v) is 2.25. The Morgan fingerprint density at radius 3 is 2.35 bits per heavy atom. The number of ether oxygens (including phenoxy) is 1. The summed E-state index contributed by atoms with van der Waals surface area (Å²) in [5.74, 6) is -1.39. The van der Waals surface area contributed by atoms with Gasteiger partial charge in [-0.2, -0.15) is 0 Å². The van der Waals surface area contributed by atoms with Crippen LogP contribution in [0.1, 0.15) is 40.5 Å². The molecule has 8 heteroatoms. The standard InChI is InChI=1S/C18H21N3O5/c1-4-21(5-2)17(23)13-6-8-14(9-7-13)19-16(22)11-25-18(24)15-10-12(3)20-26-15/h6-10H,4-5,11H2,1-3H3,(H,19,22). The number of hydrogen-bond acceptors (Lipinski definition) is 6. The topological polar surface area (TPSA) is 102 Å². The molecule has 0 aliphatic rings. The van der Waals surface area contributed by atoms with Gasteiger partial charge in [0.1, 0.15) is 0 Å². The Morgan fingerprint density at radius 1 is 1.15 bits per heavy atom. The highest BCUT2D eigenvalue weighted by atomic mass is 16.6. The monoisotopic (exact) mass is 359 g/mol. The van der Waals surface area contributed by atoms with E-state index in [-0.39, 0.29) is 11.7 Å². The van der Waals surface area contributed by atoms with Gasteiger partial charge in [0.15, 0.2) is 6.61 Å². The lowest BCUT2D eigenvalue weighted by Crippen LogP contribution is -2.30. The Labute approximate surface area is 151 Å². The summed E-state index contributed by atoms with van der Waals surface area (Å²) in [6.07, 6.45) is 0. The minimum Gasteiger partial charge on any atom is -0.450 e. The van der Waals surface area contributed by atoms with E-state index in [1.54, 1.807) is 36.1 Å². The normalized spacial score (nSPS) is 10.3. The third-order valence-corrected chi connectivity index (χ3v) is 3.63. The first-order chi connectivity index (χ1) is 12.4. The van der Waals surface area contributed by atoms with Gasteiger partial charge in [-0.1, -0.05) is 5.16 Å². The largest absolute Gasteiger partial charge is 0.450 e. The molecule has 2 rings (SSSR count). The van der Waals surface area contributed by atoms with Crippen molar-refractivity contribution in [2.75, 3.05) is 25.0 Å². The Bertz CT molecular complexity index is 778. The summed E-state index contributed by atoms with van der Waals surface area (Å²) >= 11 is 0. The molecule has 26 heavy (non-hydrogen) atoms. The van der Waals surface area contributed by atoms with Crippen LogP contribution in [0.5, 0.6) is 0 Å². The predicted octanol–water partition coefficient (Wildman–Crippen LogP) is 2.26. The van der Waals surface area contributed by atoms with Crippen LogP contribution in [-0.2, 0) is 9.53 Å². The third-order valence-electron chi connectivity index (χ3n) is 3.63. The number of nitrogens with one attached hydrogen (secondary N) is 1. The van der Waals surface area contributed by atoms with Crippen LogP contribution in [0.25, 0.3) is 0 Å². The number of rotatable bonds is 7. The number of amides is 2. The van der Waals surface area contributed by atoms with Crippen molar-refractivity contribution >= 4 is 23.5 Å². The molecule has 0 spiro atoms. The van der Waals surface area contributed by atoms with Crippen molar-refractivity contribution < 1.29 is 23.6 Å². The molecule has 0 saturated carbocycles. The zero-order valence-electron chi connectivity index (χ0n) is 14.9. The molecule has 1 N–H and O–H groups in total. The van der Waals surface area contributed by atoms with Crippen molar-refractivity contribution in [3.63, 3.8) is 0 Å². The Kier molecular flexibility index (Phi) is 6.48. The summed E-state index contributed by atoms with van der Waals surface area (Å²) in [7, 11) is 0. The molecule has 0 bridgehead atoms. The number of esters is 1. The molecule has 1 aromatic carbocycles. The molecule has 2 amide bonds. The van der Waals surface area contributed by atoms with Gasteiger partial charge < -0.3 is 19.5 Å². The van der Waals surface area contributed by atoms with Crippen LogP contribution in [0.3, 0.4) is 0 Å².